The number of anilines is 1. The van der Waals surface area contributed by atoms with E-state index in [0.29, 0.717) is 10.9 Å². The Morgan fingerprint density at radius 3 is 2.60 bits per heavy atom. The third-order valence-corrected chi connectivity index (χ3v) is 4.05. The Balaban J connectivity index is 2.31. The number of nitrogens with two attached hydrogens (primary N) is 1. The van der Waals surface area contributed by atoms with Gasteiger partial charge in [-0.05, 0) is 35.6 Å². The van der Waals surface area contributed by atoms with Crippen LogP contribution in [0.4, 0.5) is 10.2 Å². The summed E-state index contributed by atoms with van der Waals surface area (Å²) in [5.74, 6) is -0.142. The molecule has 0 saturated heterocycles. The highest BCUT2D eigenvalue weighted by Crippen LogP contribution is 2.33. The third kappa shape index (κ3) is 2.11. The molecule has 2 aromatic heterocycles. The predicted molar refractivity (Wildman–Crippen MR) is 86.8 cm³/mol. The number of aryl methyl sites for hydroxylation is 1. The summed E-state index contributed by atoms with van der Waals surface area (Å²) in [6.45, 7) is 1.89. The van der Waals surface area contributed by atoms with Gasteiger partial charge < -0.3 is 5.73 Å². The molecule has 0 radical (unpaired) electrons. The second-order valence-electron chi connectivity index (χ2n) is 4.53. The minimum absolute atomic E-state index is 0.208. The second-order valence-corrected chi connectivity index (χ2v) is 5.69. The summed E-state index contributed by atoms with van der Waals surface area (Å²) < 4.78 is 15.6. The van der Waals surface area contributed by atoms with Gasteiger partial charge in [0.1, 0.15) is 11.6 Å². The van der Waals surface area contributed by atoms with Crippen molar-refractivity contribution >= 4 is 39.2 Å². The molecule has 0 aliphatic rings. The molecule has 2 heterocycles. The lowest BCUT2D eigenvalue weighted by Gasteiger charge is -2.09. The first-order valence-electron chi connectivity index (χ1n) is 6.03. The summed E-state index contributed by atoms with van der Waals surface area (Å²) in [7, 11) is 0. The van der Waals surface area contributed by atoms with Crippen molar-refractivity contribution < 1.29 is 4.39 Å². The Hall–Kier alpha value is -1.76. The smallest absolute Gasteiger partial charge is 0.142 e. The van der Waals surface area contributed by atoms with Crippen LogP contribution in [0.2, 0.25) is 0 Å². The monoisotopic (exact) mass is 379 g/mol. The number of hydrogen-bond acceptors (Lipinski definition) is 3. The summed E-state index contributed by atoms with van der Waals surface area (Å²) in [5, 5.41) is 1.15. The highest BCUT2D eigenvalue weighted by atomic mass is 127. The lowest BCUT2D eigenvalue weighted by atomic mass is 10.0. The summed E-state index contributed by atoms with van der Waals surface area (Å²) >= 11 is 2.13. The van der Waals surface area contributed by atoms with Crippen LogP contribution in [-0.2, 0) is 0 Å². The van der Waals surface area contributed by atoms with Crippen molar-refractivity contribution in [1.82, 2.24) is 9.97 Å². The Morgan fingerprint density at radius 1 is 1.10 bits per heavy atom. The molecule has 0 amide bonds. The van der Waals surface area contributed by atoms with Crippen LogP contribution in [-0.4, -0.2) is 9.97 Å². The average molecular weight is 379 g/mol. The van der Waals surface area contributed by atoms with Gasteiger partial charge in [-0.3, -0.25) is 4.98 Å². The lowest BCUT2D eigenvalue weighted by Crippen LogP contribution is -1.97. The maximum absolute atomic E-state index is 14.7. The fourth-order valence-corrected chi connectivity index (χ4v) is 2.72. The maximum Gasteiger partial charge on any atom is 0.142 e. The standard InChI is InChI=1S/C15H11FIN3/c1-8-2-3-9(6-19-8)10-4-5-11-12(17)7-20-15(18)13(11)14(10)16/h2-7H,1H3,(H2,18,20). The number of rotatable bonds is 1. The molecule has 0 saturated carbocycles. The van der Waals surface area contributed by atoms with E-state index in [0.717, 1.165) is 20.2 Å². The Kier molecular flexibility index (Phi) is 3.29. The summed E-state index contributed by atoms with van der Waals surface area (Å²) in [6, 6.07) is 7.33. The van der Waals surface area contributed by atoms with Crippen LogP contribution in [0.25, 0.3) is 21.9 Å². The number of aromatic nitrogens is 2. The number of fused-ring (bicyclic) bond motifs is 1. The highest BCUT2D eigenvalue weighted by molar-refractivity contribution is 14.1. The van der Waals surface area contributed by atoms with E-state index in [1.54, 1.807) is 18.5 Å². The van der Waals surface area contributed by atoms with E-state index in [1.807, 2.05) is 25.1 Å². The molecule has 0 spiro atoms. The number of halogens is 2. The first-order chi connectivity index (χ1) is 9.58. The molecule has 20 heavy (non-hydrogen) atoms. The van der Waals surface area contributed by atoms with Gasteiger partial charge in [0, 0.05) is 38.2 Å². The van der Waals surface area contributed by atoms with E-state index in [-0.39, 0.29) is 11.6 Å². The number of nitrogens with zero attached hydrogens (tertiary/aromatic N) is 2. The number of benzene rings is 1. The van der Waals surface area contributed by atoms with Gasteiger partial charge in [-0.2, -0.15) is 0 Å². The van der Waals surface area contributed by atoms with Gasteiger partial charge in [0.15, 0.2) is 0 Å². The number of hydrogen-bond donors (Lipinski definition) is 1. The van der Waals surface area contributed by atoms with Crippen LogP contribution < -0.4 is 5.73 Å². The van der Waals surface area contributed by atoms with Crippen LogP contribution in [0.5, 0.6) is 0 Å². The first kappa shape index (κ1) is 13.2. The largest absolute Gasteiger partial charge is 0.383 e. The fraction of sp³-hybridized carbons (Fsp3) is 0.0667. The molecule has 2 N–H and O–H groups in total. The van der Waals surface area contributed by atoms with Crippen LogP contribution in [0.3, 0.4) is 0 Å². The number of nitrogen functional groups attached to an aromatic ring is 1. The van der Waals surface area contributed by atoms with Gasteiger partial charge in [0.05, 0.1) is 5.39 Å². The van der Waals surface area contributed by atoms with Crippen molar-refractivity contribution in [3.05, 3.63) is 51.7 Å². The molecule has 0 atom stereocenters. The second kappa shape index (κ2) is 4.97. The fourth-order valence-electron chi connectivity index (χ4n) is 2.14. The normalized spacial score (nSPS) is 10.9. The zero-order valence-corrected chi connectivity index (χ0v) is 12.8. The van der Waals surface area contributed by atoms with E-state index < -0.39 is 0 Å². The van der Waals surface area contributed by atoms with E-state index >= 15 is 0 Å². The van der Waals surface area contributed by atoms with Gasteiger partial charge in [-0.25, -0.2) is 9.37 Å². The summed E-state index contributed by atoms with van der Waals surface area (Å²) in [5.41, 5.74) is 7.94. The van der Waals surface area contributed by atoms with Crippen molar-refractivity contribution in [2.75, 3.05) is 5.73 Å². The van der Waals surface area contributed by atoms with Crippen molar-refractivity contribution in [2.24, 2.45) is 0 Å². The molecule has 3 rings (SSSR count). The first-order valence-corrected chi connectivity index (χ1v) is 7.11. The van der Waals surface area contributed by atoms with Gasteiger partial charge in [-0.1, -0.05) is 18.2 Å². The zero-order valence-electron chi connectivity index (χ0n) is 10.7. The molecule has 0 fully saturated rings. The topological polar surface area (TPSA) is 51.8 Å². The molecule has 3 aromatic rings. The van der Waals surface area contributed by atoms with Crippen molar-refractivity contribution in [1.29, 1.82) is 0 Å². The minimum Gasteiger partial charge on any atom is -0.383 e. The maximum atomic E-state index is 14.7. The molecule has 1 aromatic carbocycles. The third-order valence-electron chi connectivity index (χ3n) is 3.19. The van der Waals surface area contributed by atoms with Crippen LogP contribution in [0, 0.1) is 16.3 Å². The van der Waals surface area contributed by atoms with Crippen molar-refractivity contribution in [3.8, 4) is 11.1 Å². The molecule has 0 unspecified atom stereocenters. The molecular weight excluding hydrogens is 368 g/mol. The average Bonchev–Trinajstić information content (AvgIpc) is 2.44. The quantitative estimate of drug-likeness (QED) is 0.652. The van der Waals surface area contributed by atoms with Crippen molar-refractivity contribution in [3.63, 3.8) is 0 Å². The van der Waals surface area contributed by atoms with Gasteiger partial charge in [0.25, 0.3) is 0 Å². The van der Waals surface area contributed by atoms with E-state index in [1.165, 1.54) is 0 Å². The Morgan fingerprint density at radius 2 is 1.90 bits per heavy atom. The summed E-state index contributed by atoms with van der Waals surface area (Å²) in [6.07, 6.45) is 3.31. The molecule has 0 aliphatic carbocycles. The van der Waals surface area contributed by atoms with E-state index in [2.05, 4.69) is 32.6 Å². The van der Waals surface area contributed by atoms with Crippen LogP contribution >= 0.6 is 22.6 Å². The lowest BCUT2D eigenvalue weighted by molar-refractivity contribution is 0.643. The van der Waals surface area contributed by atoms with Crippen molar-refractivity contribution in [2.45, 2.75) is 6.92 Å². The molecule has 0 aliphatic heterocycles. The Labute approximate surface area is 129 Å². The van der Waals surface area contributed by atoms with Gasteiger partial charge in [-0.15, -0.1) is 0 Å². The van der Waals surface area contributed by atoms with Crippen LogP contribution in [0.1, 0.15) is 5.69 Å². The number of pyridine rings is 2. The zero-order chi connectivity index (χ0) is 14.3. The van der Waals surface area contributed by atoms with E-state index in [9.17, 15) is 4.39 Å². The molecule has 0 bridgehead atoms. The molecular formula is C15H11FIN3. The predicted octanol–water partition coefficient (Wildman–Crippen LogP) is 3.93. The van der Waals surface area contributed by atoms with Gasteiger partial charge >= 0.3 is 0 Å². The Bertz CT molecular complexity index is 800. The minimum atomic E-state index is -0.350. The van der Waals surface area contributed by atoms with Gasteiger partial charge in [0.2, 0.25) is 0 Å². The van der Waals surface area contributed by atoms with E-state index in [4.69, 9.17) is 5.73 Å². The molecule has 5 heteroatoms. The summed E-state index contributed by atoms with van der Waals surface area (Å²) in [4.78, 5) is 8.23. The molecule has 3 nitrogen and oxygen atoms in total. The molecule has 100 valence electrons. The SMILES string of the molecule is Cc1ccc(-c2ccc3c(I)cnc(N)c3c2F)cn1. The van der Waals surface area contributed by atoms with Crippen LogP contribution in [0.15, 0.2) is 36.7 Å². The highest BCUT2D eigenvalue weighted by Gasteiger charge is 2.14.